The van der Waals surface area contributed by atoms with E-state index in [1.165, 1.54) is 0 Å². The maximum Gasteiger partial charge on any atom is 0.262 e. The Morgan fingerprint density at radius 3 is 1.96 bits per heavy atom. The van der Waals surface area contributed by atoms with Crippen LogP contribution in [0.1, 0.15) is 23.0 Å². The molecule has 0 amide bonds. The summed E-state index contributed by atoms with van der Waals surface area (Å²) < 4.78 is 0. The molecular weight excluding hydrogens is 566 g/mol. The van der Waals surface area contributed by atoms with Crippen LogP contribution in [0.25, 0.3) is 47.9 Å². The van der Waals surface area contributed by atoms with Crippen LogP contribution in [0.15, 0.2) is 102 Å². The van der Waals surface area contributed by atoms with E-state index >= 15 is 0 Å². The van der Waals surface area contributed by atoms with E-state index in [1.807, 2.05) is 59.5 Å². The number of nitriles is 1. The van der Waals surface area contributed by atoms with E-state index in [0.717, 1.165) is 71.3 Å². The summed E-state index contributed by atoms with van der Waals surface area (Å²) in [6.45, 7) is 8.02. The summed E-state index contributed by atoms with van der Waals surface area (Å²) in [7, 11) is 10.1. The molecule has 0 bridgehead atoms. The minimum Gasteiger partial charge on any atom is -0.391 e. The van der Waals surface area contributed by atoms with Gasteiger partial charge in [0.2, 0.25) is 0 Å². The molecule has 1 fully saturated rings. The number of rotatable bonds is 5. The molecule has 0 saturated heterocycles. The molecule has 3 unspecified atom stereocenters. The Hall–Kier alpha value is -5.56. The lowest BCUT2D eigenvalue weighted by Crippen LogP contribution is -2.42. The quantitative estimate of drug-likeness (QED) is 0.118. The minimum absolute atomic E-state index is 0.0467. The molecule has 6 nitrogen and oxygen atoms in total. The number of aliphatic hydroxyl groups is 1. The molecule has 1 aliphatic carbocycles. The highest BCUT2D eigenvalue weighted by Gasteiger charge is 2.49. The van der Waals surface area contributed by atoms with Crippen LogP contribution >= 0.6 is 0 Å². The highest BCUT2D eigenvalue weighted by molar-refractivity contribution is 6.17. The zero-order chi connectivity index (χ0) is 32.3. The summed E-state index contributed by atoms with van der Waals surface area (Å²) in [6.07, 6.45) is -0.835. The molecule has 7 rings (SSSR count). The van der Waals surface area contributed by atoms with Gasteiger partial charge in [0.25, 0.3) is 5.70 Å². The number of nitrogens with one attached hydrogen (secondary N) is 1. The van der Waals surface area contributed by atoms with Crippen LogP contribution in [0.5, 0.6) is 0 Å². The molecule has 226 valence electrons. The molecule has 6 heteroatoms. The molecule has 46 heavy (non-hydrogen) atoms. The van der Waals surface area contributed by atoms with Gasteiger partial charge in [-0.05, 0) is 74.0 Å². The molecule has 3 atom stereocenters. The average Bonchev–Trinajstić information content (AvgIpc) is 3.06. The smallest absolute Gasteiger partial charge is 0.262 e. The van der Waals surface area contributed by atoms with E-state index < -0.39 is 17.9 Å². The van der Waals surface area contributed by atoms with Crippen molar-refractivity contribution in [2.45, 2.75) is 17.9 Å². The zero-order valence-corrected chi connectivity index (χ0v) is 26.6. The van der Waals surface area contributed by atoms with Gasteiger partial charge in [-0.15, -0.1) is 0 Å². The normalized spacial score (nSPS) is 18.7. The third-order valence-electron chi connectivity index (χ3n) is 9.64. The molecule has 1 aliphatic rings. The second-order valence-corrected chi connectivity index (χ2v) is 12.5. The van der Waals surface area contributed by atoms with E-state index in [4.69, 9.17) is 6.57 Å². The SMILES string of the molecule is [C-]#[N+]/C(C#N)=C1/C(c2ccc(N(C)C)c3cc4ccccc4cc23)C(O)C1c1ccc(NC)c2c(N(C)C)c3ccccc3cc12. The van der Waals surface area contributed by atoms with E-state index in [-0.39, 0.29) is 5.70 Å². The number of allylic oxidation sites excluding steroid dienone is 1. The largest absolute Gasteiger partial charge is 0.391 e. The molecule has 0 aliphatic heterocycles. The van der Waals surface area contributed by atoms with Crippen molar-refractivity contribution in [3.63, 3.8) is 0 Å². The zero-order valence-electron chi connectivity index (χ0n) is 26.6. The van der Waals surface area contributed by atoms with Gasteiger partial charge in [0.05, 0.1) is 24.4 Å². The minimum atomic E-state index is -0.835. The summed E-state index contributed by atoms with van der Waals surface area (Å²) in [5.74, 6) is -1.01. The molecule has 1 saturated carbocycles. The van der Waals surface area contributed by atoms with E-state index in [9.17, 15) is 10.4 Å². The van der Waals surface area contributed by atoms with Gasteiger partial charge in [0, 0.05) is 74.6 Å². The highest BCUT2D eigenvalue weighted by atomic mass is 16.3. The van der Waals surface area contributed by atoms with E-state index in [1.54, 1.807) is 0 Å². The lowest BCUT2D eigenvalue weighted by atomic mass is 9.59. The predicted molar refractivity (Wildman–Crippen MR) is 192 cm³/mol. The van der Waals surface area contributed by atoms with Crippen LogP contribution in [-0.2, 0) is 0 Å². The maximum atomic E-state index is 12.2. The van der Waals surface area contributed by atoms with Gasteiger partial charge in [0.1, 0.15) is 0 Å². The summed E-state index contributed by atoms with van der Waals surface area (Å²) in [4.78, 5) is 7.96. The van der Waals surface area contributed by atoms with E-state index in [0.29, 0.717) is 5.57 Å². The lowest BCUT2D eigenvalue weighted by molar-refractivity contribution is 0.0870. The van der Waals surface area contributed by atoms with Crippen molar-refractivity contribution in [3.05, 3.63) is 125 Å². The Morgan fingerprint density at radius 1 is 0.761 bits per heavy atom. The second-order valence-electron chi connectivity index (χ2n) is 12.5. The number of nitrogens with zero attached hydrogens (tertiary/aromatic N) is 4. The third kappa shape index (κ3) is 4.26. The predicted octanol–water partition coefficient (Wildman–Crippen LogP) is 8.41. The van der Waals surface area contributed by atoms with Gasteiger partial charge < -0.3 is 20.2 Å². The Kier molecular flexibility index (Phi) is 7.04. The molecule has 6 aromatic carbocycles. The first-order chi connectivity index (χ1) is 22.3. The Morgan fingerprint density at radius 2 is 1.35 bits per heavy atom. The molecule has 6 aromatic rings. The molecule has 0 spiro atoms. The van der Waals surface area contributed by atoms with Crippen molar-refractivity contribution in [1.82, 2.24) is 0 Å². The monoisotopic (exact) mass is 601 g/mol. The molecule has 0 heterocycles. The average molecular weight is 602 g/mol. The fraction of sp³-hybridized carbons (Fsp3) is 0.200. The number of anilines is 3. The first kappa shape index (κ1) is 29.2. The van der Waals surface area contributed by atoms with Crippen LogP contribution in [-0.4, -0.2) is 46.4 Å². The van der Waals surface area contributed by atoms with Crippen LogP contribution in [0, 0.1) is 17.9 Å². The number of hydrogen-bond acceptors (Lipinski definition) is 5. The van der Waals surface area contributed by atoms with Gasteiger partial charge >= 0.3 is 0 Å². The highest BCUT2D eigenvalue weighted by Crippen LogP contribution is 2.58. The second kappa shape index (κ2) is 11.1. The maximum absolute atomic E-state index is 12.2. The molecule has 0 radical (unpaired) electrons. The van der Waals surface area contributed by atoms with Crippen LogP contribution < -0.4 is 15.1 Å². The number of fused-ring (bicyclic) bond motifs is 4. The third-order valence-corrected chi connectivity index (χ3v) is 9.64. The van der Waals surface area contributed by atoms with Crippen LogP contribution in [0.2, 0.25) is 0 Å². The van der Waals surface area contributed by atoms with Crippen molar-refractivity contribution in [3.8, 4) is 6.07 Å². The van der Waals surface area contributed by atoms with Crippen molar-refractivity contribution >= 4 is 60.2 Å². The standard InChI is InChI=1S/C40H35N5O/c1-42-32-17-15-28(31-21-25-13-9-10-14-26(25)39(35(31)32)45(5)6)37-38(33(22-41)43-2)36(40(37)46)27-16-18-34(44(3)4)30-20-24-12-8-7-11-23(24)19-29(27)30/h7-21,36-37,40,42,46H,1,3-6H3/b38-33-. The fourth-order valence-electron chi connectivity index (χ4n) is 7.61. The number of hydrogen-bond donors (Lipinski definition) is 2. The number of aliphatic hydroxyl groups excluding tert-OH is 1. The van der Waals surface area contributed by atoms with Crippen LogP contribution in [0.4, 0.5) is 17.1 Å². The van der Waals surface area contributed by atoms with Crippen molar-refractivity contribution in [2.75, 3.05) is 50.4 Å². The summed E-state index contributed by atoms with van der Waals surface area (Å²) in [5.41, 5.74) is 5.70. The Bertz CT molecular complexity index is 2310. The van der Waals surface area contributed by atoms with Crippen molar-refractivity contribution in [2.24, 2.45) is 0 Å². The van der Waals surface area contributed by atoms with Gasteiger partial charge in [0.15, 0.2) is 0 Å². The van der Waals surface area contributed by atoms with Crippen molar-refractivity contribution in [1.29, 1.82) is 5.26 Å². The fourth-order valence-corrected chi connectivity index (χ4v) is 7.61. The molecular formula is C40H35N5O. The Balaban J connectivity index is 1.50. The lowest BCUT2D eigenvalue weighted by Gasteiger charge is -2.46. The Labute approximate surface area is 269 Å². The van der Waals surface area contributed by atoms with E-state index in [2.05, 4.69) is 92.8 Å². The summed E-state index contributed by atoms with van der Waals surface area (Å²) >= 11 is 0. The summed E-state index contributed by atoms with van der Waals surface area (Å²) in [5, 5.41) is 34.5. The van der Waals surface area contributed by atoms with Gasteiger partial charge in [-0.3, -0.25) is 0 Å². The van der Waals surface area contributed by atoms with Crippen molar-refractivity contribution < 1.29 is 5.11 Å². The van der Waals surface area contributed by atoms with Gasteiger partial charge in [-0.25, -0.2) is 10.1 Å². The van der Waals surface area contributed by atoms with Gasteiger partial charge in [-0.1, -0.05) is 60.7 Å². The van der Waals surface area contributed by atoms with Crippen LogP contribution in [0.3, 0.4) is 0 Å². The first-order valence-electron chi connectivity index (χ1n) is 15.4. The molecule has 0 aromatic heterocycles. The number of benzene rings is 6. The van der Waals surface area contributed by atoms with Gasteiger partial charge in [-0.2, -0.15) is 0 Å². The first-order valence-corrected chi connectivity index (χ1v) is 15.4. The summed E-state index contributed by atoms with van der Waals surface area (Å²) in [6, 6.07) is 33.6. The molecule has 2 N–H and O–H groups in total. The topological polar surface area (TPSA) is 66.9 Å².